The zero-order chi connectivity index (χ0) is 18.4. The van der Waals surface area contributed by atoms with Crippen molar-refractivity contribution in [1.82, 2.24) is 9.80 Å². The topological polar surface area (TPSA) is 142 Å². The number of carbonyl (C=O) groups excluding carboxylic acids is 3. The van der Waals surface area contributed by atoms with E-state index >= 15 is 0 Å². The zero-order valence-corrected chi connectivity index (χ0v) is 13.9. The number of anilines is 2. The molecule has 1 saturated heterocycles. The van der Waals surface area contributed by atoms with E-state index in [4.69, 9.17) is 16.6 Å². The predicted molar refractivity (Wildman–Crippen MR) is 92.5 cm³/mol. The van der Waals surface area contributed by atoms with E-state index in [-0.39, 0.29) is 18.9 Å². The zero-order valence-electron chi connectivity index (χ0n) is 13.9. The van der Waals surface area contributed by atoms with Gasteiger partial charge in [-0.25, -0.2) is 4.79 Å². The number of hydrogen-bond donors (Lipinski definition) is 4. The summed E-state index contributed by atoms with van der Waals surface area (Å²) >= 11 is 0. The van der Waals surface area contributed by atoms with Crippen LogP contribution in [-0.4, -0.2) is 65.0 Å². The molecule has 1 aliphatic rings. The van der Waals surface area contributed by atoms with Gasteiger partial charge in [0.2, 0.25) is 11.8 Å². The summed E-state index contributed by atoms with van der Waals surface area (Å²) in [4.78, 5) is 39.0. The van der Waals surface area contributed by atoms with Crippen molar-refractivity contribution in [2.75, 3.05) is 37.3 Å². The first-order chi connectivity index (χ1) is 11.9. The Balaban J connectivity index is 1.95. The number of benzene rings is 1. The minimum atomic E-state index is -1.19. The second-order valence-corrected chi connectivity index (χ2v) is 5.82. The smallest absolute Gasteiger partial charge is 0.326 e. The lowest BCUT2D eigenvalue weighted by atomic mass is 10.2. The van der Waals surface area contributed by atoms with Crippen LogP contribution in [0, 0.1) is 0 Å². The van der Waals surface area contributed by atoms with Gasteiger partial charge in [-0.3, -0.25) is 14.5 Å². The molecule has 2 rings (SSSR count). The van der Waals surface area contributed by atoms with Gasteiger partial charge in [0.05, 0.1) is 6.61 Å². The first-order valence-corrected chi connectivity index (χ1v) is 8.04. The Bertz CT molecular complexity index is 613. The molecular weight excluding hydrogens is 326 g/mol. The number of imide groups is 1. The van der Waals surface area contributed by atoms with Crippen LogP contribution in [-0.2, 0) is 9.59 Å². The van der Waals surface area contributed by atoms with Crippen LogP contribution in [0.1, 0.15) is 12.8 Å². The Morgan fingerprint density at radius 1 is 1.24 bits per heavy atom. The van der Waals surface area contributed by atoms with Crippen molar-refractivity contribution in [1.29, 1.82) is 0 Å². The maximum atomic E-state index is 12.3. The van der Waals surface area contributed by atoms with Crippen molar-refractivity contribution in [2.24, 2.45) is 5.73 Å². The summed E-state index contributed by atoms with van der Waals surface area (Å²) in [7, 11) is 0. The molecule has 6 N–H and O–H groups in total. The second-order valence-electron chi connectivity index (χ2n) is 5.82. The van der Waals surface area contributed by atoms with E-state index in [9.17, 15) is 14.4 Å². The van der Waals surface area contributed by atoms with Gasteiger partial charge in [0.1, 0.15) is 6.04 Å². The average Bonchev–Trinajstić information content (AvgIpc) is 2.54. The largest absolute Gasteiger partial charge is 0.399 e. The molecule has 1 fully saturated rings. The third kappa shape index (κ3) is 4.91. The summed E-state index contributed by atoms with van der Waals surface area (Å²) in [6, 6.07) is 4.94. The molecule has 1 aromatic carbocycles. The Morgan fingerprint density at radius 3 is 2.40 bits per heavy atom. The third-order valence-electron chi connectivity index (χ3n) is 3.89. The number of nitrogens with zero attached hydrogens (tertiary/aromatic N) is 2. The van der Waals surface area contributed by atoms with Gasteiger partial charge >= 0.3 is 6.03 Å². The van der Waals surface area contributed by atoms with Crippen molar-refractivity contribution >= 4 is 29.2 Å². The summed E-state index contributed by atoms with van der Waals surface area (Å²) in [5, 5.41) is 11.7. The number of aliphatic hydroxyl groups is 1. The molecule has 9 heteroatoms. The molecule has 1 heterocycles. The molecule has 4 amide bonds. The summed E-state index contributed by atoms with van der Waals surface area (Å²) in [6.45, 7) is 0.451. The van der Waals surface area contributed by atoms with Gasteiger partial charge in [0, 0.05) is 37.4 Å². The molecule has 0 aliphatic carbocycles. The number of urea groups is 1. The molecule has 9 nitrogen and oxygen atoms in total. The molecule has 0 unspecified atom stereocenters. The lowest BCUT2D eigenvalue weighted by molar-refractivity contribution is -0.131. The van der Waals surface area contributed by atoms with Gasteiger partial charge in [-0.15, -0.1) is 0 Å². The number of nitrogen functional groups attached to an aromatic ring is 1. The third-order valence-corrected chi connectivity index (χ3v) is 3.89. The highest BCUT2D eigenvalue weighted by atomic mass is 16.3. The Morgan fingerprint density at radius 2 is 1.88 bits per heavy atom. The number of aliphatic hydroxyl groups excluding tert-OH is 1. The van der Waals surface area contributed by atoms with Crippen LogP contribution in [0.4, 0.5) is 16.2 Å². The molecule has 1 aliphatic heterocycles. The van der Waals surface area contributed by atoms with Crippen LogP contribution in [0.5, 0.6) is 0 Å². The van der Waals surface area contributed by atoms with E-state index in [2.05, 4.69) is 5.32 Å². The molecule has 1 atom stereocenters. The van der Waals surface area contributed by atoms with Crippen LogP contribution in [0.25, 0.3) is 0 Å². The van der Waals surface area contributed by atoms with Crippen molar-refractivity contribution in [3.8, 4) is 0 Å². The Labute approximate surface area is 145 Å². The summed E-state index contributed by atoms with van der Waals surface area (Å²) in [5.74, 6) is -1.05. The summed E-state index contributed by atoms with van der Waals surface area (Å²) < 4.78 is 0. The molecule has 136 valence electrons. The molecule has 0 saturated carbocycles. The molecule has 25 heavy (non-hydrogen) atoms. The molecular formula is C16H23N5O4. The van der Waals surface area contributed by atoms with Gasteiger partial charge in [-0.1, -0.05) is 0 Å². The highest BCUT2D eigenvalue weighted by Gasteiger charge is 2.32. The van der Waals surface area contributed by atoms with E-state index in [1.807, 2.05) is 0 Å². The van der Waals surface area contributed by atoms with Crippen LogP contribution >= 0.6 is 0 Å². The number of hydrogen-bond acceptors (Lipinski definition) is 6. The summed E-state index contributed by atoms with van der Waals surface area (Å²) in [6.07, 6.45) is 0.797. The van der Waals surface area contributed by atoms with E-state index in [0.29, 0.717) is 24.5 Å². The fraction of sp³-hybridized carbons (Fsp3) is 0.438. The van der Waals surface area contributed by atoms with Crippen LogP contribution in [0.15, 0.2) is 24.3 Å². The van der Waals surface area contributed by atoms with Crippen molar-refractivity contribution < 1.29 is 19.5 Å². The highest BCUT2D eigenvalue weighted by molar-refractivity contribution is 5.98. The maximum absolute atomic E-state index is 12.3. The molecule has 0 aromatic heterocycles. The Kier molecular flexibility index (Phi) is 6.31. The quantitative estimate of drug-likeness (QED) is 0.513. The van der Waals surface area contributed by atoms with E-state index in [1.54, 1.807) is 24.3 Å². The van der Waals surface area contributed by atoms with E-state index in [0.717, 1.165) is 11.3 Å². The van der Waals surface area contributed by atoms with Crippen LogP contribution in [0.3, 0.4) is 0 Å². The first-order valence-electron chi connectivity index (χ1n) is 8.04. The van der Waals surface area contributed by atoms with Crippen molar-refractivity contribution in [3.63, 3.8) is 0 Å². The van der Waals surface area contributed by atoms with E-state index in [1.165, 1.54) is 4.90 Å². The number of carbonyl (C=O) groups is 3. The van der Waals surface area contributed by atoms with Gasteiger partial charge in [-0.2, -0.15) is 0 Å². The normalized spacial score (nSPS) is 14.4. The lowest BCUT2D eigenvalue weighted by Gasteiger charge is -2.35. The summed E-state index contributed by atoms with van der Waals surface area (Å²) in [5.41, 5.74) is 12.3. The van der Waals surface area contributed by atoms with Crippen LogP contribution < -0.4 is 16.8 Å². The van der Waals surface area contributed by atoms with Gasteiger partial charge in [0.25, 0.3) is 0 Å². The number of amides is 4. The molecule has 0 bridgehead atoms. The molecule has 1 aromatic rings. The van der Waals surface area contributed by atoms with Crippen molar-refractivity contribution in [3.05, 3.63) is 24.3 Å². The fourth-order valence-corrected chi connectivity index (χ4v) is 2.26. The standard InChI is InChI=1S/C16H23N5O4/c17-11-2-4-12(5-3-11)19-14(23)6-9-21(15(24)13(18)10-22)16(25)20-7-1-8-20/h2-5,13,22H,1,6-10,17-18H2,(H,19,23)/t13-/m0/s1. The van der Waals surface area contributed by atoms with E-state index < -0.39 is 24.6 Å². The van der Waals surface area contributed by atoms with Gasteiger partial charge < -0.3 is 26.8 Å². The monoisotopic (exact) mass is 349 g/mol. The Hall–Kier alpha value is -2.65. The van der Waals surface area contributed by atoms with Crippen molar-refractivity contribution in [2.45, 2.75) is 18.9 Å². The van der Waals surface area contributed by atoms with Gasteiger partial charge in [-0.05, 0) is 30.7 Å². The minimum Gasteiger partial charge on any atom is -0.399 e. The number of rotatable bonds is 6. The molecule has 0 spiro atoms. The number of nitrogens with one attached hydrogen (secondary N) is 1. The molecule has 0 radical (unpaired) electrons. The lowest BCUT2D eigenvalue weighted by Crippen LogP contribution is -2.56. The minimum absolute atomic E-state index is 0.0756. The second kappa shape index (κ2) is 8.45. The van der Waals surface area contributed by atoms with Crippen LogP contribution in [0.2, 0.25) is 0 Å². The number of nitrogens with two attached hydrogens (primary N) is 2. The van der Waals surface area contributed by atoms with Gasteiger partial charge in [0.15, 0.2) is 0 Å². The highest BCUT2D eigenvalue weighted by Crippen LogP contribution is 2.13. The average molecular weight is 349 g/mol. The first kappa shape index (κ1) is 18.7. The fourth-order valence-electron chi connectivity index (χ4n) is 2.26. The number of likely N-dealkylation sites (tertiary alicyclic amines) is 1. The SMILES string of the molecule is Nc1ccc(NC(=O)CCN(C(=O)[C@@H](N)CO)C(=O)N2CCC2)cc1. The predicted octanol–water partition coefficient (Wildman–Crippen LogP) is -0.429. The maximum Gasteiger partial charge on any atom is 0.326 e.